The lowest BCUT2D eigenvalue weighted by atomic mass is 9.95. The van der Waals surface area contributed by atoms with Crippen LogP contribution in [-0.2, 0) is 9.53 Å². The Morgan fingerprint density at radius 1 is 1.23 bits per heavy atom. The molecule has 1 atom stereocenters. The number of thiophene rings is 1. The number of pyridine rings is 1. The molecular weight excluding hydrogens is 348 g/mol. The van der Waals surface area contributed by atoms with E-state index in [-0.39, 0.29) is 11.9 Å². The summed E-state index contributed by atoms with van der Waals surface area (Å²) < 4.78 is 5.36. The summed E-state index contributed by atoms with van der Waals surface area (Å²) in [4.78, 5) is 30.2. The standard InChI is InChI=1S/C20H24N2O3S/c1-13-16(10-11-17(21-13)18-9-6-12-26-18)20(24)25-14(2)19(23)22-15-7-4-3-5-8-15/h6,9-12,14-15H,3-5,7-8H2,1-2H3,(H,22,23). The number of nitrogens with one attached hydrogen (secondary N) is 1. The maximum atomic E-state index is 12.4. The summed E-state index contributed by atoms with van der Waals surface area (Å²) in [6.45, 7) is 3.39. The van der Waals surface area contributed by atoms with Gasteiger partial charge in [-0.05, 0) is 50.3 Å². The van der Waals surface area contributed by atoms with Gasteiger partial charge in [-0.2, -0.15) is 0 Å². The van der Waals surface area contributed by atoms with Crippen molar-refractivity contribution in [3.63, 3.8) is 0 Å². The van der Waals surface area contributed by atoms with E-state index in [1.807, 2.05) is 23.6 Å². The van der Waals surface area contributed by atoms with E-state index < -0.39 is 12.1 Å². The van der Waals surface area contributed by atoms with Crippen molar-refractivity contribution < 1.29 is 14.3 Å². The lowest BCUT2D eigenvalue weighted by Gasteiger charge is -2.24. The van der Waals surface area contributed by atoms with Gasteiger partial charge in [0.2, 0.25) is 0 Å². The van der Waals surface area contributed by atoms with E-state index in [4.69, 9.17) is 4.74 Å². The molecule has 6 heteroatoms. The van der Waals surface area contributed by atoms with Crippen LogP contribution in [-0.4, -0.2) is 29.0 Å². The Labute approximate surface area is 157 Å². The molecular formula is C20H24N2O3S. The Balaban J connectivity index is 1.60. The van der Waals surface area contributed by atoms with Gasteiger partial charge in [0, 0.05) is 6.04 Å². The van der Waals surface area contributed by atoms with E-state index in [1.165, 1.54) is 6.42 Å². The van der Waals surface area contributed by atoms with Crippen molar-refractivity contribution in [3.05, 3.63) is 40.9 Å². The van der Waals surface area contributed by atoms with Crippen LogP contribution in [0.25, 0.3) is 10.6 Å². The molecule has 138 valence electrons. The number of carbonyl (C=O) groups excluding carboxylic acids is 2. The molecule has 3 rings (SSSR count). The third-order valence-electron chi connectivity index (χ3n) is 4.68. The Kier molecular flexibility index (Phi) is 6.04. The van der Waals surface area contributed by atoms with Crippen LogP contribution in [0.2, 0.25) is 0 Å². The SMILES string of the molecule is Cc1nc(-c2cccs2)ccc1C(=O)OC(C)C(=O)NC1CCCCC1. The molecule has 0 aliphatic heterocycles. The highest BCUT2D eigenvalue weighted by molar-refractivity contribution is 7.13. The molecule has 1 saturated carbocycles. The van der Waals surface area contributed by atoms with Gasteiger partial charge in [0.05, 0.1) is 21.8 Å². The summed E-state index contributed by atoms with van der Waals surface area (Å²) in [5.74, 6) is -0.745. The quantitative estimate of drug-likeness (QED) is 0.802. The fourth-order valence-corrected chi connectivity index (χ4v) is 3.88. The van der Waals surface area contributed by atoms with Crippen molar-refractivity contribution in [1.82, 2.24) is 10.3 Å². The predicted molar refractivity (Wildman–Crippen MR) is 102 cm³/mol. The minimum atomic E-state index is -0.819. The number of carbonyl (C=O) groups is 2. The first-order valence-corrected chi connectivity index (χ1v) is 9.95. The summed E-state index contributed by atoms with van der Waals surface area (Å²) in [6, 6.07) is 7.67. The molecule has 0 spiro atoms. The van der Waals surface area contributed by atoms with Gasteiger partial charge in [-0.3, -0.25) is 9.78 Å². The highest BCUT2D eigenvalue weighted by Gasteiger charge is 2.23. The predicted octanol–water partition coefficient (Wildman–Crippen LogP) is 4.11. The van der Waals surface area contributed by atoms with Gasteiger partial charge in [0.1, 0.15) is 0 Å². The van der Waals surface area contributed by atoms with Crippen LogP contribution in [0, 0.1) is 6.92 Å². The van der Waals surface area contributed by atoms with Crippen LogP contribution in [0.4, 0.5) is 0 Å². The molecule has 0 bridgehead atoms. The highest BCUT2D eigenvalue weighted by Crippen LogP contribution is 2.24. The zero-order valence-corrected chi connectivity index (χ0v) is 16.0. The summed E-state index contributed by atoms with van der Waals surface area (Å²) in [5, 5.41) is 4.97. The fraction of sp³-hybridized carbons (Fsp3) is 0.450. The smallest absolute Gasteiger partial charge is 0.340 e. The van der Waals surface area contributed by atoms with Crippen molar-refractivity contribution in [1.29, 1.82) is 0 Å². The molecule has 0 radical (unpaired) electrons. The zero-order valence-electron chi connectivity index (χ0n) is 15.2. The number of hydrogen-bond donors (Lipinski definition) is 1. The monoisotopic (exact) mass is 372 g/mol. The van der Waals surface area contributed by atoms with Gasteiger partial charge in [-0.15, -0.1) is 11.3 Å². The zero-order chi connectivity index (χ0) is 18.5. The summed E-state index contributed by atoms with van der Waals surface area (Å²) in [5.41, 5.74) is 1.82. The third kappa shape index (κ3) is 4.49. The Bertz CT molecular complexity index is 767. The highest BCUT2D eigenvalue weighted by atomic mass is 32.1. The van der Waals surface area contributed by atoms with Crippen LogP contribution in [0.15, 0.2) is 29.6 Å². The fourth-order valence-electron chi connectivity index (χ4n) is 3.18. The molecule has 2 heterocycles. The van der Waals surface area contributed by atoms with E-state index in [0.717, 1.165) is 36.3 Å². The number of aryl methyl sites for hydroxylation is 1. The van der Waals surface area contributed by atoms with Gasteiger partial charge in [-0.1, -0.05) is 25.3 Å². The molecule has 5 nitrogen and oxygen atoms in total. The normalized spacial score (nSPS) is 16.1. The molecule has 26 heavy (non-hydrogen) atoms. The third-order valence-corrected chi connectivity index (χ3v) is 5.58. The molecule has 1 aliphatic rings. The van der Waals surface area contributed by atoms with Gasteiger partial charge in [0.25, 0.3) is 5.91 Å². The van der Waals surface area contributed by atoms with E-state index in [0.29, 0.717) is 11.3 Å². The van der Waals surface area contributed by atoms with Crippen molar-refractivity contribution in [2.75, 3.05) is 0 Å². The largest absolute Gasteiger partial charge is 0.449 e. The van der Waals surface area contributed by atoms with Crippen LogP contribution >= 0.6 is 11.3 Å². The van der Waals surface area contributed by atoms with E-state index in [9.17, 15) is 9.59 Å². The van der Waals surface area contributed by atoms with Crippen molar-refractivity contribution >= 4 is 23.2 Å². The Morgan fingerprint density at radius 2 is 2.00 bits per heavy atom. The second kappa shape index (κ2) is 8.45. The minimum Gasteiger partial charge on any atom is -0.449 e. The minimum absolute atomic E-state index is 0.200. The summed E-state index contributed by atoms with van der Waals surface area (Å²) in [7, 11) is 0. The number of nitrogens with zero attached hydrogens (tertiary/aromatic N) is 1. The molecule has 1 unspecified atom stereocenters. The first kappa shape index (κ1) is 18.6. The molecule has 1 amide bonds. The Morgan fingerprint density at radius 3 is 2.65 bits per heavy atom. The van der Waals surface area contributed by atoms with Crippen LogP contribution in [0.3, 0.4) is 0 Å². The molecule has 2 aromatic rings. The van der Waals surface area contributed by atoms with Crippen LogP contribution < -0.4 is 5.32 Å². The molecule has 1 N–H and O–H groups in total. The van der Waals surface area contributed by atoms with E-state index in [2.05, 4.69) is 10.3 Å². The maximum absolute atomic E-state index is 12.4. The van der Waals surface area contributed by atoms with E-state index in [1.54, 1.807) is 31.3 Å². The lowest BCUT2D eigenvalue weighted by Crippen LogP contribution is -2.42. The number of ether oxygens (including phenoxy) is 1. The first-order valence-electron chi connectivity index (χ1n) is 9.07. The molecule has 1 fully saturated rings. The van der Waals surface area contributed by atoms with Gasteiger partial charge in [0.15, 0.2) is 6.10 Å². The van der Waals surface area contributed by atoms with Crippen molar-refractivity contribution in [2.45, 2.75) is 58.1 Å². The maximum Gasteiger partial charge on any atom is 0.340 e. The van der Waals surface area contributed by atoms with Crippen LogP contribution in [0.5, 0.6) is 0 Å². The lowest BCUT2D eigenvalue weighted by molar-refractivity contribution is -0.130. The van der Waals surface area contributed by atoms with Gasteiger partial charge >= 0.3 is 5.97 Å². The first-order chi connectivity index (χ1) is 12.5. The Hall–Kier alpha value is -2.21. The number of hydrogen-bond acceptors (Lipinski definition) is 5. The molecule has 0 saturated heterocycles. The molecule has 2 aromatic heterocycles. The second-order valence-corrected chi connectivity index (χ2v) is 7.65. The number of esters is 1. The number of aromatic nitrogens is 1. The molecule has 1 aliphatic carbocycles. The molecule has 0 aromatic carbocycles. The van der Waals surface area contributed by atoms with Gasteiger partial charge in [-0.25, -0.2) is 4.79 Å². The topological polar surface area (TPSA) is 68.3 Å². The van der Waals surface area contributed by atoms with Crippen molar-refractivity contribution in [3.8, 4) is 10.6 Å². The average Bonchev–Trinajstić information content (AvgIpc) is 3.17. The van der Waals surface area contributed by atoms with E-state index >= 15 is 0 Å². The second-order valence-electron chi connectivity index (χ2n) is 6.70. The van der Waals surface area contributed by atoms with Gasteiger partial charge < -0.3 is 10.1 Å². The summed E-state index contributed by atoms with van der Waals surface area (Å²) >= 11 is 1.60. The van der Waals surface area contributed by atoms with Crippen LogP contribution in [0.1, 0.15) is 55.1 Å². The average molecular weight is 372 g/mol. The van der Waals surface area contributed by atoms with Crippen molar-refractivity contribution in [2.24, 2.45) is 0 Å². The number of rotatable bonds is 5. The summed E-state index contributed by atoms with van der Waals surface area (Å²) in [6.07, 6.45) is 4.69. The number of amides is 1.